The lowest BCUT2D eigenvalue weighted by molar-refractivity contribution is 0.0562. The number of nitrogens with one attached hydrogen (secondary N) is 1. The van der Waals surface area contributed by atoms with E-state index in [0.29, 0.717) is 12.4 Å². The summed E-state index contributed by atoms with van der Waals surface area (Å²) in [4.78, 5) is 11.4. The van der Waals surface area contributed by atoms with Crippen molar-refractivity contribution in [3.05, 3.63) is 53.5 Å². The Bertz CT molecular complexity index is 606. The van der Waals surface area contributed by atoms with Crippen LogP contribution in [0.1, 0.15) is 34.8 Å². The maximum atomic E-state index is 11.4. The quantitative estimate of drug-likeness (QED) is 0.826. The van der Waals surface area contributed by atoms with Gasteiger partial charge in [0.25, 0.3) is 0 Å². The van der Waals surface area contributed by atoms with Gasteiger partial charge in [-0.3, -0.25) is 0 Å². The molecule has 0 amide bonds. The minimum Gasteiger partial charge on any atom is -0.463 e. The topological polar surface area (TPSA) is 60.7 Å². The van der Waals surface area contributed by atoms with E-state index in [1.807, 2.05) is 31.2 Å². The molecule has 1 heterocycles. The van der Waals surface area contributed by atoms with Gasteiger partial charge >= 0.3 is 5.97 Å². The minimum atomic E-state index is -0.476. The fourth-order valence-corrected chi connectivity index (χ4v) is 2.03. The average molecular weight is 289 g/mol. The molecular weight excluding hydrogens is 270 g/mol. The lowest BCUT2D eigenvalue weighted by Crippen LogP contribution is -2.06. The molecule has 0 aliphatic carbocycles. The van der Waals surface area contributed by atoms with Gasteiger partial charge in [0.2, 0.25) is 5.76 Å². The van der Waals surface area contributed by atoms with E-state index in [4.69, 9.17) is 9.15 Å². The number of carbonyl (C=O) groups excluding carboxylic acids is 1. The van der Waals surface area contributed by atoms with Crippen LogP contribution >= 0.6 is 0 Å². The van der Waals surface area contributed by atoms with E-state index >= 15 is 0 Å². The molecule has 0 spiro atoms. The normalized spacial score (nSPS) is 12.0. The van der Waals surface area contributed by atoms with E-state index in [1.165, 1.54) is 7.11 Å². The maximum absolute atomic E-state index is 11.4. The number of anilines is 1. The Hall–Kier alpha value is -2.27. The molecule has 5 nitrogen and oxygen atoms in total. The highest BCUT2D eigenvalue weighted by molar-refractivity contribution is 5.86. The molecule has 0 fully saturated rings. The van der Waals surface area contributed by atoms with E-state index in [2.05, 4.69) is 10.1 Å². The summed E-state index contributed by atoms with van der Waals surface area (Å²) in [6.07, 6.45) is 0. The van der Waals surface area contributed by atoms with E-state index < -0.39 is 5.97 Å². The number of carbonyl (C=O) groups is 1. The highest BCUT2D eigenvalue weighted by Gasteiger charge is 2.15. The van der Waals surface area contributed by atoms with Crippen LogP contribution in [0.15, 0.2) is 40.8 Å². The molecule has 5 heteroatoms. The van der Waals surface area contributed by atoms with Gasteiger partial charge in [-0.05, 0) is 36.8 Å². The zero-order chi connectivity index (χ0) is 15.2. The second-order valence-electron chi connectivity index (χ2n) is 4.69. The van der Waals surface area contributed by atoms with Crippen molar-refractivity contribution in [1.29, 1.82) is 0 Å². The molecule has 0 aliphatic rings. The van der Waals surface area contributed by atoms with Crippen molar-refractivity contribution in [2.45, 2.75) is 19.6 Å². The van der Waals surface area contributed by atoms with Gasteiger partial charge in [0.05, 0.1) is 19.8 Å². The molecule has 2 aromatic rings. The molecule has 0 bridgehead atoms. The second kappa shape index (κ2) is 6.95. The third-order valence-corrected chi connectivity index (χ3v) is 3.06. The number of hydrogen-bond acceptors (Lipinski definition) is 5. The van der Waals surface area contributed by atoms with Gasteiger partial charge in [-0.1, -0.05) is 12.1 Å². The average Bonchev–Trinajstić information content (AvgIpc) is 2.97. The van der Waals surface area contributed by atoms with E-state index in [9.17, 15) is 4.79 Å². The van der Waals surface area contributed by atoms with Crippen LogP contribution in [-0.2, 0) is 16.1 Å². The van der Waals surface area contributed by atoms with Gasteiger partial charge in [-0.25, -0.2) is 4.79 Å². The summed E-state index contributed by atoms with van der Waals surface area (Å²) in [5, 5.41) is 3.33. The first-order valence-corrected chi connectivity index (χ1v) is 6.66. The first-order valence-electron chi connectivity index (χ1n) is 6.66. The third-order valence-electron chi connectivity index (χ3n) is 3.06. The van der Waals surface area contributed by atoms with Crippen molar-refractivity contribution in [3.63, 3.8) is 0 Å². The SMILES string of the molecule is COCc1cccc(NC(C)c2ccc(C(=O)OC)o2)c1. The highest BCUT2D eigenvalue weighted by atomic mass is 16.5. The van der Waals surface area contributed by atoms with Crippen molar-refractivity contribution in [1.82, 2.24) is 0 Å². The van der Waals surface area contributed by atoms with Crippen molar-refractivity contribution in [2.75, 3.05) is 19.5 Å². The Morgan fingerprint density at radius 1 is 1.29 bits per heavy atom. The first-order chi connectivity index (χ1) is 10.1. The summed E-state index contributed by atoms with van der Waals surface area (Å²) in [6.45, 7) is 2.53. The van der Waals surface area contributed by atoms with Crippen molar-refractivity contribution >= 4 is 11.7 Å². The summed E-state index contributed by atoms with van der Waals surface area (Å²) >= 11 is 0. The summed E-state index contributed by atoms with van der Waals surface area (Å²) in [6, 6.07) is 11.3. The number of furan rings is 1. The van der Waals surface area contributed by atoms with Gasteiger partial charge in [-0.2, -0.15) is 0 Å². The van der Waals surface area contributed by atoms with Crippen LogP contribution in [-0.4, -0.2) is 20.2 Å². The lowest BCUT2D eigenvalue weighted by Gasteiger charge is -2.13. The van der Waals surface area contributed by atoms with Crippen LogP contribution in [0.2, 0.25) is 0 Å². The molecule has 0 radical (unpaired) electrons. The number of ether oxygens (including phenoxy) is 2. The minimum absolute atomic E-state index is 0.0683. The van der Waals surface area contributed by atoms with Gasteiger partial charge in [-0.15, -0.1) is 0 Å². The molecule has 21 heavy (non-hydrogen) atoms. The van der Waals surface area contributed by atoms with Gasteiger partial charge in [0, 0.05) is 12.8 Å². The zero-order valence-electron chi connectivity index (χ0n) is 12.4. The summed E-state index contributed by atoms with van der Waals surface area (Å²) in [5.74, 6) is 0.400. The zero-order valence-corrected chi connectivity index (χ0v) is 12.4. The first kappa shape index (κ1) is 15.1. The Labute approximate surface area is 123 Å². The number of hydrogen-bond donors (Lipinski definition) is 1. The maximum Gasteiger partial charge on any atom is 0.373 e. The summed E-state index contributed by atoms with van der Waals surface area (Å²) < 4.78 is 15.2. The number of benzene rings is 1. The molecule has 0 saturated carbocycles. The number of rotatable bonds is 6. The Balaban J connectivity index is 2.07. The molecule has 1 aromatic carbocycles. The standard InChI is InChI=1S/C16H19NO4/c1-11(14-7-8-15(21-14)16(18)20-3)17-13-6-4-5-12(9-13)10-19-2/h4-9,11,17H,10H2,1-3H3. The lowest BCUT2D eigenvalue weighted by atomic mass is 10.2. The number of methoxy groups -OCH3 is 2. The molecular formula is C16H19NO4. The Kier molecular flexibility index (Phi) is 5.00. The molecule has 112 valence electrons. The second-order valence-corrected chi connectivity index (χ2v) is 4.69. The van der Waals surface area contributed by atoms with Crippen LogP contribution in [0.4, 0.5) is 5.69 Å². The third kappa shape index (κ3) is 3.86. The van der Waals surface area contributed by atoms with E-state index in [0.717, 1.165) is 11.3 Å². The predicted molar refractivity (Wildman–Crippen MR) is 79.2 cm³/mol. The Morgan fingerprint density at radius 2 is 2.10 bits per heavy atom. The van der Waals surface area contributed by atoms with E-state index in [-0.39, 0.29) is 11.8 Å². The van der Waals surface area contributed by atoms with Crippen LogP contribution in [0, 0.1) is 0 Å². The molecule has 0 aliphatic heterocycles. The van der Waals surface area contributed by atoms with E-state index in [1.54, 1.807) is 19.2 Å². The van der Waals surface area contributed by atoms with Crippen LogP contribution in [0.25, 0.3) is 0 Å². The van der Waals surface area contributed by atoms with Gasteiger partial charge in [0.1, 0.15) is 5.76 Å². The van der Waals surface area contributed by atoms with Gasteiger partial charge < -0.3 is 19.2 Å². The van der Waals surface area contributed by atoms with Crippen molar-refractivity contribution < 1.29 is 18.7 Å². The fraction of sp³-hybridized carbons (Fsp3) is 0.312. The van der Waals surface area contributed by atoms with Crippen LogP contribution < -0.4 is 5.32 Å². The smallest absolute Gasteiger partial charge is 0.373 e. The molecule has 1 atom stereocenters. The van der Waals surface area contributed by atoms with Gasteiger partial charge in [0.15, 0.2) is 0 Å². The number of esters is 1. The highest BCUT2D eigenvalue weighted by Crippen LogP contribution is 2.22. The summed E-state index contributed by atoms with van der Waals surface area (Å²) in [5.41, 5.74) is 2.05. The fourth-order valence-electron chi connectivity index (χ4n) is 2.03. The van der Waals surface area contributed by atoms with Crippen LogP contribution in [0.3, 0.4) is 0 Å². The Morgan fingerprint density at radius 3 is 2.81 bits per heavy atom. The summed E-state index contributed by atoms with van der Waals surface area (Å²) in [7, 11) is 2.99. The molecule has 2 rings (SSSR count). The predicted octanol–water partition coefficient (Wildman–Crippen LogP) is 3.39. The van der Waals surface area contributed by atoms with Crippen LogP contribution in [0.5, 0.6) is 0 Å². The largest absolute Gasteiger partial charge is 0.463 e. The molecule has 1 unspecified atom stereocenters. The molecule has 0 saturated heterocycles. The molecule has 1 aromatic heterocycles. The van der Waals surface area contributed by atoms with Crippen molar-refractivity contribution in [2.24, 2.45) is 0 Å². The van der Waals surface area contributed by atoms with Crippen molar-refractivity contribution in [3.8, 4) is 0 Å². The monoisotopic (exact) mass is 289 g/mol. The molecule has 1 N–H and O–H groups in total.